The number of fused-ring (bicyclic) bond motifs is 1. The molecule has 1 amide bonds. The molecule has 5 heteroatoms. The maximum absolute atomic E-state index is 12.5. The van der Waals surface area contributed by atoms with Crippen molar-refractivity contribution in [1.82, 2.24) is 10.2 Å². The van der Waals surface area contributed by atoms with Crippen LogP contribution in [0.4, 0.5) is 5.69 Å². The molecule has 0 bridgehead atoms. The standard InChI is InChI=1S/C15H20ClN3O/c1-11-9-18(7-5-17-11)10-15(20)19-6-4-12-2-3-13(16)8-14(12)19/h2-3,8,11,17H,4-7,9-10H2,1H3. The number of carbonyl (C=O) groups is 1. The van der Waals surface area contributed by atoms with Crippen molar-refractivity contribution in [3.63, 3.8) is 0 Å². The average molecular weight is 294 g/mol. The largest absolute Gasteiger partial charge is 0.312 e. The van der Waals surface area contributed by atoms with Gasteiger partial charge in [-0.15, -0.1) is 0 Å². The van der Waals surface area contributed by atoms with Crippen LogP contribution in [0.25, 0.3) is 0 Å². The lowest BCUT2D eigenvalue weighted by Gasteiger charge is -2.32. The molecule has 4 nitrogen and oxygen atoms in total. The molecule has 0 saturated carbocycles. The maximum Gasteiger partial charge on any atom is 0.241 e. The Morgan fingerprint density at radius 3 is 3.10 bits per heavy atom. The lowest BCUT2D eigenvalue weighted by molar-refractivity contribution is -0.119. The number of hydrogen-bond acceptors (Lipinski definition) is 3. The fraction of sp³-hybridized carbons (Fsp3) is 0.533. The minimum atomic E-state index is 0.181. The zero-order valence-electron chi connectivity index (χ0n) is 11.7. The minimum Gasteiger partial charge on any atom is -0.312 e. The van der Waals surface area contributed by atoms with Crippen molar-refractivity contribution < 1.29 is 4.79 Å². The molecule has 0 spiro atoms. The van der Waals surface area contributed by atoms with Gasteiger partial charge in [-0.3, -0.25) is 9.69 Å². The molecule has 1 aromatic rings. The van der Waals surface area contributed by atoms with Gasteiger partial charge in [0.25, 0.3) is 0 Å². The van der Waals surface area contributed by atoms with E-state index in [9.17, 15) is 4.79 Å². The van der Waals surface area contributed by atoms with E-state index >= 15 is 0 Å². The molecule has 0 radical (unpaired) electrons. The Labute approximate surface area is 124 Å². The van der Waals surface area contributed by atoms with E-state index in [1.54, 1.807) is 0 Å². The molecule has 2 aliphatic rings. The first kappa shape index (κ1) is 13.9. The fourth-order valence-electron chi connectivity index (χ4n) is 3.04. The lowest BCUT2D eigenvalue weighted by Crippen LogP contribution is -2.52. The molecule has 3 rings (SSSR count). The molecule has 1 atom stereocenters. The second-order valence-corrected chi connectivity index (χ2v) is 6.10. The molecule has 1 saturated heterocycles. The van der Waals surface area contributed by atoms with Crippen LogP contribution in [-0.2, 0) is 11.2 Å². The topological polar surface area (TPSA) is 35.6 Å². The monoisotopic (exact) mass is 293 g/mol. The van der Waals surface area contributed by atoms with Gasteiger partial charge in [-0.25, -0.2) is 0 Å². The van der Waals surface area contributed by atoms with Gasteiger partial charge in [0, 0.05) is 42.9 Å². The van der Waals surface area contributed by atoms with E-state index in [2.05, 4.69) is 17.1 Å². The summed E-state index contributed by atoms with van der Waals surface area (Å²) in [6.45, 7) is 6.25. The van der Waals surface area contributed by atoms with Gasteiger partial charge >= 0.3 is 0 Å². The molecular formula is C15H20ClN3O. The number of anilines is 1. The third kappa shape index (κ3) is 2.82. The Kier molecular flexibility index (Phi) is 3.96. The first-order chi connectivity index (χ1) is 9.63. The number of carbonyl (C=O) groups excluding carboxylic acids is 1. The molecule has 0 aliphatic carbocycles. The fourth-order valence-corrected chi connectivity index (χ4v) is 3.21. The van der Waals surface area contributed by atoms with Gasteiger partial charge < -0.3 is 10.2 Å². The van der Waals surface area contributed by atoms with Crippen molar-refractivity contribution in [2.45, 2.75) is 19.4 Å². The third-order valence-electron chi connectivity index (χ3n) is 4.06. The molecule has 1 unspecified atom stereocenters. The normalized spacial score (nSPS) is 22.9. The summed E-state index contributed by atoms with van der Waals surface area (Å²) >= 11 is 6.05. The van der Waals surface area contributed by atoms with Crippen LogP contribution in [0, 0.1) is 0 Å². The van der Waals surface area contributed by atoms with Gasteiger partial charge in [0.2, 0.25) is 5.91 Å². The summed E-state index contributed by atoms with van der Waals surface area (Å²) in [5.74, 6) is 0.181. The third-order valence-corrected chi connectivity index (χ3v) is 4.29. The van der Waals surface area contributed by atoms with Gasteiger partial charge in [-0.1, -0.05) is 17.7 Å². The van der Waals surface area contributed by atoms with Gasteiger partial charge in [-0.2, -0.15) is 0 Å². The van der Waals surface area contributed by atoms with Crippen LogP contribution < -0.4 is 10.2 Å². The van der Waals surface area contributed by atoms with Crippen LogP contribution in [-0.4, -0.2) is 49.6 Å². The molecular weight excluding hydrogens is 274 g/mol. The number of halogens is 1. The van der Waals surface area contributed by atoms with Crippen LogP contribution in [0.5, 0.6) is 0 Å². The molecule has 108 valence electrons. The van der Waals surface area contributed by atoms with E-state index in [0.717, 1.165) is 38.3 Å². The van der Waals surface area contributed by atoms with Crippen molar-refractivity contribution >= 4 is 23.2 Å². The Hall–Kier alpha value is -1.10. The summed E-state index contributed by atoms with van der Waals surface area (Å²) in [6.07, 6.45) is 0.927. The predicted octanol–water partition coefficient (Wildman–Crippen LogP) is 1.52. The van der Waals surface area contributed by atoms with Gasteiger partial charge in [0.15, 0.2) is 0 Å². The molecule has 2 heterocycles. The van der Waals surface area contributed by atoms with E-state index in [0.29, 0.717) is 17.6 Å². The van der Waals surface area contributed by atoms with E-state index in [1.807, 2.05) is 23.1 Å². The second-order valence-electron chi connectivity index (χ2n) is 5.66. The quantitative estimate of drug-likeness (QED) is 0.898. The van der Waals surface area contributed by atoms with E-state index in [4.69, 9.17) is 11.6 Å². The van der Waals surface area contributed by atoms with Crippen LogP contribution >= 0.6 is 11.6 Å². The Morgan fingerprint density at radius 1 is 1.45 bits per heavy atom. The van der Waals surface area contributed by atoms with Crippen molar-refractivity contribution in [3.8, 4) is 0 Å². The number of rotatable bonds is 2. The second kappa shape index (κ2) is 5.72. The van der Waals surface area contributed by atoms with Crippen LogP contribution in [0.3, 0.4) is 0 Å². The van der Waals surface area contributed by atoms with E-state index < -0.39 is 0 Å². The highest BCUT2D eigenvalue weighted by Gasteiger charge is 2.27. The summed E-state index contributed by atoms with van der Waals surface area (Å²) in [5, 5.41) is 4.09. The van der Waals surface area contributed by atoms with Crippen LogP contribution in [0.15, 0.2) is 18.2 Å². The molecule has 1 aromatic carbocycles. The van der Waals surface area contributed by atoms with E-state index in [-0.39, 0.29) is 5.91 Å². The molecule has 1 N–H and O–H groups in total. The summed E-state index contributed by atoms with van der Waals surface area (Å²) in [6, 6.07) is 6.28. The van der Waals surface area contributed by atoms with Gasteiger partial charge in [0.05, 0.1) is 6.54 Å². The maximum atomic E-state index is 12.5. The SMILES string of the molecule is CC1CN(CC(=O)N2CCc3ccc(Cl)cc32)CCN1. The van der Waals surface area contributed by atoms with Crippen molar-refractivity contribution in [2.24, 2.45) is 0 Å². The van der Waals surface area contributed by atoms with E-state index in [1.165, 1.54) is 5.56 Å². The highest BCUT2D eigenvalue weighted by atomic mass is 35.5. The summed E-state index contributed by atoms with van der Waals surface area (Å²) in [7, 11) is 0. The number of hydrogen-bond donors (Lipinski definition) is 1. The van der Waals surface area contributed by atoms with Gasteiger partial charge in [0.1, 0.15) is 0 Å². The number of amides is 1. The van der Waals surface area contributed by atoms with Crippen LogP contribution in [0.2, 0.25) is 5.02 Å². The Bertz CT molecular complexity index is 520. The van der Waals surface area contributed by atoms with Crippen molar-refractivity contribution in [3.05, 3.63) is 28.8 Å². The first-order valence-corrected chi connectivity index (χ1v) is 7.56. The smallest absolute Gasteiger partial charge is 0.241 e. The molecule has 20 heavy (non-hydrogen) atoms. The minimum absolute atomic E-state index is 0.181. The summed E-state index contributed by atoms with van der Waals surface area (Å²) in [4.78, 5) is 16.6. The Balaban J connectivity index is 1.69. The molecule has 1 fully saturated rings. The molecule has 0 aromatic heterocycles. The number of nitrogens with one attached hydrogen (secondary N) is 1. The van der Waals surface area contributed by atoms with Crippen molar-refractivity contribution in [1.29, 1.82) is 0 Å². The zero-order chi connectivity index (χ0) is 14.1. The molecule has 2 aliphatic heterocycles. The first-order valence-electron chi connectivity index (χ1n) is 7.18. The number of piperazine rings is 1. The van der Waals surface area contributed by atoms with Crippen molar-refractivity contribution in [2.75, 3.05) is 37.6 Å². The van der Waals surface area contributed by atoms with Crippen LogP contribution in [0.1, 0.15) is 12.5 Å². The number of benzene rings is 1. The summed E-state index contributed by atoms with van der Waals surface area (Å²) < 4.78 is 0. The highest BCUT2D eigenvalue weighted by Crippen LogP contribution is 2.30. The average Bonchev–Trinajstić information content (AvgIpc) is 2.81. The lowest BCUT2D eigenvalue weighted by atomic mass is 10.2. The zero-order valence-corrected chi connectivity index (χ0v) is 12.5. The highest BCUT2D eigenvalue weighted by molar-refractivity contribution is 6.31. The Morgan fingerprint density at radius 2 is 2.30 bits per heavy atom. The summed E-state index contributed by atoms with van der Waals surface area (Å²) in [5.41, 5.74) is 2.21. The number of nitrogens with zero attached hydrogens (tertiary/aromatic N) is 2. The predicted molar refractivity (Wildman–Crippen MR) is 81.4 cm³/mol. The van der Waals surface area contributed by atoms with Gasteiger partial charge in [-0.05, 0) is 31.0 Å².